The lowest BCUT2D eigenvalue weighted by atomic mass is 10.1. The highest BCUT2D eigenvalue weighted by Crippen LogP contribution is 2.24. The molecule has 0 radical (unpaired) electrons. The van der Waals surface area contributed by atoms with E-state index in [1.165, 1.54) is 5.56 Å². The van der Waals surface area contributed by atoms with Gasteiger partial charge in [-0.1, -0.05) is 23.8 Å². The van der Waals surface area contributed by atoms with Crippen LogP contribution in [0.15, 0.2) is 42.7 Å². The molecule has 5 heteroatoms. The average Bonchev–Trinajstić information content (AvgIpc) is 2.39. The van der Waals surface area contributed by atoms with Gasteiger partial charge in [-0.2, -0.15) is 0 Å². The molecular weight excluding hydrogens is 278 g/mol. The molecule has 0 atom stereocenters. The smallest absolute Gasteiger partial charge is 0.106 e. The van der Waals surface area contributed by atoms with Gasteiger partial charge in [-0.25, -0.2) is 0 Å². The average molecular weight is 292 g/mol. The molecule has 0 bridgehead atoms. The first-order valence-electron chi connectivity index (χ1n) is 5.77. The van der Waals surface area contributed by atoms with E-state index in [0.29, 0.717) is 10.0 Å². The number of halogens is 1. The summed E-state index contributed by atoms with van der Waals surface area (Å²) in [5, 5.41) is 0.629. The molecular formula is C14H14ClN3S. The Balaban J connectivity index is 2.28. The second-order valence-electron chi connectivity index (χ2n) is 4.24. The first-order chi connectivity index (χ1) is 9.08. The standard InChI is InChI=1S/C14H14ClN3S/c1-18(9-10-4-6-17-7-5-10)13-3-2-11(15)8-12(13)14(16)19/h2-8H,9H2,1H3,(H2,16,19). The van der Waals surface area contributed by atoms with Crippen LogP contribution in [0.25, 0.3) is 0 Å². The van der Waals surface area contributed by atoms with Gasteiger partial charge in [-0.05, 0) is 35.9 Å². The number of hydrogen-bond donors (Lipinski definition) is 1. The fourth-order valence-electron chi connectivity index (χ4n) is 1.89. The van der Waals surface area contributed by atoms with Crippen molar-refractivity contribution in [1.82, 2.24) is 4.98 Å². The quantitative estimate of drug-likeness (QED) is 0.880. The third-order valence-electron chi connectivity index (χ3n) is 2.80. The van der Waals surface area contributed by atoms with Gasteiger partial charge in [0.25, 0.3) is 0 Å². The Kier molecular flexibility index (Phi) is 4.35. The number of anilines is 1. The minimum Gasteiger partial charge on any atom is -0.389 e. The van der Waals surface area contributed by atoms with Crippen LogP contribution in [0.3, 0.4) is 0 Å². The Morgan fingerprint density at radius 3 is 2.63 bits per heavy atom. The molecule has 0 unspecified atom stereocenters. The number of nitrogens with two attached hydrogens (primary N) is 1. The molecule has 98 valence electrons. The third-order valence-corrected chi connectivity index (χ3v) is 3.26. The number of nitrogens with zero attached hydrogens (tertiary/aromatic N) is 2. The summed E-state index contributed by atoms with van der Waals surface area (Å²) < 4.78 is 0. The van der Waals surface area contributed by atoms with Crippen LogP contribution in [-0.2, 0) is 6.54 Å². The van der Waals surface area contributed by atoms with Crippen LogP contribution in [0, 0.1) is 0 Å². The molecule has 0 amide bonds. The normalized spacial score (nSPS) is 10.2. The van der Waals surface area contributed by atoms with Gasteiger partial charge in [0.05, 0.1) is 0 Å². The predicted octanol–water partition coefficient (Wildman–Crippen LogP) is 3.01. The lowest BCUT2D eigenvalue weighted by Gasteiger charge is -2.22. The van der Waals surface area contributed by atoms with Crippen molar-refractivity contribution in [2.45, 2.75) is 6.54 Å². The highest BCUT2D eigenvalue weighted by molar-refractivity contribution is 7.80. The van der Waals surface area contributed by atoms with Gasteiger partial charge in [0.1, 0.15) is 4.99 Å². The van der Waals surface area contributed by atoms with Crippen molar-refractivity contribution >= 4 is 34.5 Å². The van der Waals surface area contributed by atoms with E-state index >= 15 is 0 Å². The molecule has 2 N–H and O–H groups in total. The van der Waals surface area contributed by atoms with E-state index in [1.54, 1.807) is 18.5 Å². The molecule has 2 aromatic rings. The Bertz CT molecular complexity index is 586. The van der Waals surface area contributed by atoms with E-state index < -0.39 is 0 Å². The van der Waals surface area contributed by atoms with Gasteiger partial charge in [-0.3, -0.25) is 4.98 Å². The molecule has 3 nitrogen and oxygen atoms in total. The lowest BCUT2D eigenvalue weighted by Crippen LogP contribution is -2.21. The molecule has 0 aliphatic rings. The van der Waals surface area contributed by atoms with Gasteiger partial charge < -0.3 is 10.6 Å². The van der Waals surface area contributed by atoms with Crippen LogP contribution in [0.1, 0.15) is 11.1 Å². The molecule has 0 spiro atoms. The highest BCUT2D eigenvalue weighted by Gasteiger charge is 2.10. The van der Waals surface area contributed by atoms with Crippen molar-refractivity contribution in [3.8, 4) is 0 Å². The van der Waals surface area contributed by atoms with Crippen molar-refractivity contribution in [3.05, 3.63) is 58.9 Å². The first kappa shape index (κ1) is 13.8. The van der Waals surface area contributed by atoms with Crippen LogP contribution < -0.4 is 10.6 Å². The van der Waals surface area contributed by atoms with Crippen molar-refractivity contribution in [2.24, 2.45) is 5.73 Å². The maximum Gasteiger partial charge on any atom is 0.106 e. The number of hydrogen-bond acceptors (Lipinski definition) is 3. The minimum absolute atomic E-state index is 0.346. The second kappa shape index (κ2) is 5.99. The van der Waals surface area contributed by atoms with E-state index in [4.69, 9.17) is 29.6 Å². The Hall–Kier alpha value is -1.65. The van der Waals surface area contributed by atoms with Crippen molar-refractivity contribution in [1.29, 1.82) is 0 Å². The minimum atomic E-state index is 0.346. The Morgan fingerprint density at radius 2 is 2.00 bits per heavy atom. The molecule has 0 fully saturated rings. The van der Waals surface area contributed by atoms with Crippen molar-refractivity contribution in [3.63, 3.8) is 0 Å². The summed E-state index contributed by atoms with van der Waals surface area (Å²) in [6.45, 7) is 0.750. The summed E-state index contributed by atoms with van der Waals surface area (Å²) in [4.78, 5) is 6.44. The number of pyridine rings is 1. The molecule has 1 aromatic heterocycles. The zero-order chi connectivity index (χ0) is 13.8. The molecule has 0 aliphatic carbocycles. The molecule has 0 saturated carbocycles. The van der Waals surface area contributed by atoms with E-state index in [0.717, 1.165) is 17.8 Å². The zero-order valence-electron chi connectivity index (χ0n) is 10.5. The third kappa shape index (κ3) is 3.43. The van der Waals surface area contributed by atoms with Crippen molar-refractivity contribution < 1.29 is 0 Å². The van der Waals surface area contributed by atoms with Crippen LogP contribution in [0.5, 0.6) is 0 Å². The number of rotatable bonds is 4. The van der Waals surface area contributed by atoms with Gasteiger partial charge in [-0.15, -0.1) is 0 Å². The van der Waals surface area contributed by atoms with Crippen molar-refractivity contribution in [2.75, 3.05) is 11.9 Å². The van der Waals surface area contributed by atoms with Gasteiger partial charge >= 0.3 is 0 Å². The monoisotopic (exact) mass is 291 g/mol. The second-order valence-corrected chi connectivity index (χ2v) is 5.11. The zero-order valence-corrected chi connectivity index (χ0v) is 12.1. The van der Waals surface area contributed by atoms with E-state index in [-0.39, 0.29) is 0 Å². The van der Waals surface area contributed by atoms with E-state index in [1.807, 2.05) is 31.3 Å². The van der Waals surface area contributed by atoms with Gasteiger partial charge in [0.2, 0.25) is 0 Å². The summed E-state index contributed by atoms with van der Waals surface area (Å²) in [6.07, 6.45) is 3.55. The van der Waals surface area contributed by atoms with Crippen LogP contribution >= 0.6 is 23.8 Å². The summed E-state index contributed by atoms with van der Waals surface area (Å²) in [5.74, 6) is 0. The molecule has 0 saturated heterocycles. The SMILES string of the molecule is CN(Cc1ccncc1)c1ccc(Cl)cc1C(N)=S. The fraction of sp³-hybridized carbons (Fsp3) is 0.143. The number of aromatic nitrogens is 1. The summed E-state index contributed by atoms with van der Waals surface area (Å²) in [6, 6.07) is 9.52. The van der Waals surface area contributed by atoms with Crippen LogP contribution in [0.2, 0.25) is 5.02 Å². The number of thiocarbonyl (C=S) groups is 1. The summed E-state index contributed by atoms with van der Waals surface area (Å²) >= 11 is 11.1. The Labute approximate surface area is 123 Å². The first-order valence-corrected chi connectivity index (χ1v) is 6.56. The molecule has 19 heavy (non-hydrogen) atoms. The number of benzene rings is 1. The molecule has 0 aliphatic heterocycles. The fourth-order valence-corrected chi connectivity index (χ4v) is 2.22. The Morgan fingerprint density at radius 1 is 1.32 bits per heavy atom. The maximum atomic E-state index is 5.98. The highest BCUT2D eigenvalue weighted by atomic mass is 35.5. The van der Waals surface area contributed by atoms with Gasteiger partial charge in [0.15, 0.2) is 0 Å². The summed E-state index contributed by atoms with van der Waals surface area (Å²) in [5.41, 5.74) is 8.68. The molecule has 2 rings (SSSR count). The predicted molar refractivity (Wildman–Crippen MR) is 83.7 cm³/mol. The lowest BCUT2D eigenvalue weighted by molar-refractivity contribution is 0.918. The van der Waals surface area contributed by atoms with Crippen LogP contribution in [-0.4, -0.2) is 17.0 Å². The largest absolute Gasteiger partial charge is 0.389 e. The van der Waals surface area contributed by atoms with Crippen LogP contribution in [0.4, 0.5) is 5.69 Å². The van der Waals surface area contributed by atoms with E-state index in [9.17, 15) is 0 Å². The summed E-state index contributed by atoms with van der Waals surface area (Å²) in [7, 11) is 1.99. The van der Waals surface area contributed by atoms with E-state index in [2.05, 4.69) is 9.88 Å². The maximum absolute atomic E-state index is 5.98. The van der Waals surface area contributed by atoms with Gasteiger partial charge in [0, 0.05) is 42.3 Å². The molecule has 1 heterocycles. The topological polar surface area (TPSA) is 42.2 Å². The molecule has 1 aromatic carbocycles.